The first-order valence-corrected chi connectivity index (χ1v) is 7.76. The van der Waals surface area contributed by atoms with Crippen molar-refractivity contribution in [3.8, 4) is 5.88 Å². The fraction of sp³-hybridized carbons (Fsp3) is 0.667. The van der Waals surface area contributed by atoms with Gasteiger partial charge in [-0.2, -0.15) is 0 Å². The van der Waals surface area contributed by atoms with Crippen LogP contribution in [0, 0.1) is 0 Å². The largest absolute Gasteiger partial charge is 0.496 e. The predicted octanol–water partition coefficient (Wildman–Crippen LogP) is 3.21. The van der Waals surface area contributed by atoms with E-state index in [9.17, 15) is 0 Å². The van der Waals surface area contributed by atoms with Crippen molar-refractivity contribution in [3.63, 3.8) is 0 Å². The summed E-state index contributed by atoms with van der Waals surface area (Å²) in [5, 5.41) is 0.460. The summed E-state index contributed by atoms with van der Waals surface area (Å²) < 4.78 is 17.4. The van der Waals surface area contributed by atoms with E-state index >= 15 is 0 Å². The summed E-state index contributed by atoms with van der Waals surface area (Å²) in [6, 6.07) is 1.79. The summed E-state index contributed by atoms with van der Waals surface area (Å²) >= 11 is 6.14. The molecule has 1 saturated heterocycles. The van der Waals surface area contributed by atoms with E-state index in [0.29, 0.717) is 10.9 Å². The van der Waals surface area contributed by atoms with Crippen LogP contribution >= 0.6 is 11.6 Å². The first-order valence-electron chi connectivity index (χ1n) is 7.38. The fourth-order valence-electron chi connectivity index (χ4n) is 2.52. The Morgan fingerprint density at radius 1 is 1.33 bits per heavy atom. The van der Waals surface area contributed by atoms with Gasteiger partial charge in [-0.05, 0) is 33.3 Å². The van der Waals surface area contributed by atoms with Gasteiger partial charge in [-0.25, -0.2) is 4.98 Å². The highest BCUT2D eigenvalue weighted by Gasteiger charge is 2.54. The molecular formula is C15H23BClNO3. The zero-order valence-corrected chi connectivity index (χ0v) is 14.2. The smallest absolute Gasteiger partial charge is 0.480 e. The van der Waals surface area contributed by atoms with Gasteiger partial charge in [-0.1, -0.05) is 31.4 Å². The highest BCUT2D eigenvalue weighted by Crippen LogP contribution is 2.40. The molecule has 0 bridgehead atoms. The molecule has 1 aliphatic rings. The second-order valence-electron chi connectivity index (χ2n) is 6.17. The van der Waals surface area contributed by atoms with Crippen molar-refractivity contribution in [3.05, 3.63) is 17.3 Å². The number of nitrogens with zero attached hydrogens (tertiary/aromatic N) is 1. The van der Waals surface area contributed by atoms with Crippen LogP contribution in [0.15, 0.2) is 12.3 Å². The molecule has 2 rings (SSSR count). The molecule has 1 unspecified atom stereocenters. The van der Waals surface area contributed by atoms with Gasteiger partial charge in [0.15, 0.2) is 0 Å². The second kappa shape index (κ2) is 6.15. The topological polar surface area (TPSA) is 40.6 Å². The summed E-state index contributed by atoms with van der Waals surface area (Å²) in [7, 11) is 1.10. The van der Waals surface area contributed by atoms with E-state index in [1.54, 1.807) is 19.4 Å². The Bertz CT molecular complexity index is 512. The molecule has 0 amide bonds. The van der Waals surface area contributed by atoms with Crippen LogP contribution in [-0.2, 0) is 9.31 Å². The molecule has 0 radical (unpaired) electrons. The minimum Gasteiger partial charge on any atom is -0.480 e. The number of rotatable bonds is 5. The number of ether oxygens (including phenoxy) is 1. The molecule has 1 fully saturated rings. The van der Waals surface area contributed by atoms with Crippen LogP contribution in [0.25, 0.3) is 0 Å². The van der Waals surface area contributed by atoms with Crippen molar-refractivity contribution in [1.82, 2.24) is 4.98 Å². The Kier molecular flexibility index (Phi) is 4.86. The molecular weight excluding hydrogens is 288 g/mol. The Labute approximate surface area is 132 Å². The van der Waals surface area contributed by atoms with Crippen LogP contribution in [0.2, 0.25) is 5.02 Å². The summed E-state index contributed by atoms with van der Waals surface area (Å²) in [6.45, 7) is 8.43. The van der Waals surface area contributed by atoms with Crippen molar-refractivity contribution in [1.29, 1.82) is 0 Å². The van der Waals surface area contributed by atoms with Gasteiger partial charge in [0, 0.05) is 11.7 Å². The SMILES string of the molecule is CCCCC1(C)OB(c2cnc(OC)c(Cl)c2)OC1(C)C. The maximum Gasteiger partial charge on any atom is 0.496 e. The Hall–Kier alpha value is -0.775. The zero-order valence-electron chi connectivity index (χ0n) is 13.4. The van der Waals surface area contributed by atoms with Gasteiger partial charge in [-0.3, -0.25) is 0 Å². The van der Waals surface area contributed by atoms with Crippen LogP contribution in [0.3, 0.4) is 0 Å². The Balaban J connectivity index is 2.21. The lowest BCUT2D eigenvalue weighted by Crippen LogP contribution is -2.44. The van der Waals surface area contributed by atoms with Crippen LogP contribution in [0.1, 0.15) is 47.0 Å². The molecule has 0 spiro atoms. The van der Waals surface area contributed by atoms with E-state index in [2.05, 4.69) is 32.7 Å². The number of methoxy groups -OCH3 is 1. The monoisotopic (exact) mass is 311 g/mol. The average molecular weight is 312 g/mol. The lowest BCUT2D eigenvalue weighted by atomic mass is 9.80. The average Bonchev–Trinajstić information content (AvgIpc) is 2.67. The second-order valence-corrected chi connectivity index (χ2v) is 6.58. The third-order valence-corrected chi connectivity index (χ3v) is 4.61. The van der Waals surface area contributed by atoms with Gasteiger partial charge < -0.3 is 14.0 Å². The van der Waals surface area contributed by atoms with Gasteiger partial charge in [0.1, 0.15) is 5.02 Å². The van der Waals surface area contributed by atoms with E-state index in [1.807, 2.05) is 0 Å². The van der Waals surface area contributed by atoms with Gasteiger partial charge in [0.25, 0.3) is 0 Å². The van der Waals surface area contributed by atoms with Crippen molar-refractivity contribution < 1.29 is 14.0 Å². The van der Waals surface area contributed by atoms with Gasteiger partial charge in [-0.15, -0.1) is 0 Å². The maximum absolute atomic E-state index is 6.22. The lowest BCUT2D eigenvalue weighted by molar-refractivity contribution is -0.0169. The van der Waals surface area contributed by atoms with Crippen LogP contribution < -0.4 is 10.2 Å². The number of aromatic nitrogens is 1. The van der Waals surface area contributed by atoms with Crippen LogP contribution in [-0.4, -0.2) is 30.4 Å². The summed E-state index contributed by atoms with van der Waals surface area (Å²) in [6.07, 6.45) is 4.90. The number of hydrogen-bond acceptors (Lipinski definition) is 4. The van der Waals surface area contributed by atoms with Gasteiger partial charge in [0.05, 0.1) is 18.3 Å². The fourth-order valence-corrected chi connectivity index (χ4v) is 2.78. The predicted molar refractivity (Wildman–Crippen MR) is 85.4 cm³/mol. The van der Waals surface area contributed by atoms with Gasteiger partial charge >= 0.3 is 7.12 Å². The summed E-state index contributed by atoms with van der Waals surface area (Å²) in [5.74, 6) is 0.409. The molecule has 4 nitrogen and oxygen atoms in total. The highest BCUT2D eigenvalue weighted by atomic mass is 35.5. The molecule has 2 heterocycles. The highest BCUT2D eigenvalue weighted by molar-refractivity contribution is 6.62. The molecule has 1 aromatic heterocycles. The van der Waals surface area contributed by atoms with E-state index < -0.39 is 7.12 Å². The standard InChI is InChI=1S/C15H23BClNO3/c1-6-7-8-15(4)14(2,3)20-16(21-15)11-9-12(17)13(19-5)18-10-11/h9-10H,6-8H2,1-5H3. The van der Waals surface area contributed by atoms with Crippen LogP contribution in [0.5, 0.6) is 5.88 Å². The maximum atomic E-state index is 6.22. The van der Waals surface area contributed by atoms with Crippen molar-refractivity contribution in [2.45, 2.75) is 58.2 Å². The molecule has 1 aromatic rings. The first kappa shape index (κ1) is 16.6. The molecule has 0 aromatic carbocycles. The normalized spacial score (nSPS) is 24.4. The molecule has 1 atom stereocenters. The van der Waals surface area contributed by atoms with E-state index in [4.69, 9.17) is 25.6 Å². The minimum absolute atomic E-state index is 0.319. The summed E-state index contributed by atoms with van der Waals surface area (Å²) in [5.41, 5.74) is 0.133. The van der Waals surface area contributed by atoms with Gasteiger partial charge in [0.2, 0.25) is 5.88 Å². The lowest BCUT2D eigenvalue weighted by Gasteiger charge is -2.36. The minimum atomic E-state index is -0.447. The molecule has 0 N–H and O–H groups in total. The van der Waals surface area contributed by atoms with Crippen molar-refractivity contribution in [2.24, 2.45) is 0 Å². The van der Waals surface area contributed by atoms with E-state index in [1.165, 1.54) is 0 Å². The van der Waals surface area contributed by atoms with Crippen molar-refractivity contribution >= 4 is 24.2 Å². The van der Waals surface area contributed by atoms with E-state index in [0.717, 1.165) is 24.7 Å². The number of pyridine rings is 1. The molecule has 0 aliphatic carbocycles. The third kappa shape index (κ3) is 3.20. The molecule has 21 heavy (non-hydrogen) atoms. The molecule has 6 heteroatoms. The Morgan fingerprint density at radius 3 is 2.62 bits per heavy atom. The van der Waals surface area contributed by atoms with Crippen molar-refractivity contribution in [2.75, 3.05) is 7.11 Å². The zero-order chi connectivity index (χ0) is 15.7. The number of halogens is 1. The number of unbranched alkanes of at least 4 members (excludes halogenated alkanes) is 1. The third-order valence-electron chi connectivity index (χ3n) is 4.34. The molecule has 1 aliphatic heterocycles. The molecule has 116 valence electrons. The molecule has 0 saturated carbocycles. The number of hydrogen-bond donors (Lipinski definition) is 0. The van der Waals surface area contributed by atoms with E-state index in [-0.39, 0.29) is 11.2 Å². The summed E-state index contributed by atoms with van der Waals surface area (Å²) in [4.78, 5) is 4.18. The first-order chi connectivity index (χ1) is 9.83. The Morgan fingerprint density at radius 2 is 2.05 bits per heavy atom. The quantitative estimate of drug-likeness (QED) is 0.783. The van der Waals surface area contributed by atoms with Crippen LogP contribution in [0.4, 0.5) is 0 Å².